The maximum absolute atomic E-state index is 11.6. The summed E-state index contributed by atoms with van der Waals surface area (Å²) in [5.41, 5.74) is 0. The van der Waals surface area contributed by atoms with Gasteiger partial charge >= 0.3 is 22.3 Å². The first kappa shape index (κ1) is 21.6. The Morgan fingerprint density at radius 1 is 0.720 bits per heavy atom. The molecule has 2 fully saturated rings. The van der Waals surface area contributed by atoms with Crippen LogP contribution in [0.4, 0.5) is 0 Å². The second kappa shape index (κ2) is 11.2. The number of carbonyl (C=O) groups is 2. The smallest absolute Gasteiger partial charge is 0.394 e. The summed E-state index contributed by atoms with van der Waals surface area (Å²) in [6.45, 7) is 0. The van der Waals surface area contributed by atoms with Gasteiger partial charge in [-0.15, -0.1) is 0 Å². The second-order valence-electron chi connectivity index (χ2n) is 6.17. The zero-order valence-electron chi connectivity index (χ0n) is 14.1. The molecule has 0 saturated heterocycles. The van der Waals surface area contributed by atoms with Crippen molar-refractivity contribution in [2.24, 2.45) is 0 Å². The maximum atomic E-state index is 11.6. The predicted octanol–water partition coefficient (Wildman–Crippen LogP) is 2.64. The number of ether oxygens (including phenoxy) is 2. The molecule has 2 saturated carbocycles. The van der Waals surface area contributed by atoms with Crippen molar-refractivity contribution in [2.75, 3.05) is 0 Å². The van der Waals surface area contributed by atoms with Crippen LogP contribution in [0.2, 0.25) is 0 Å². The molecule has 2 aliphatic carbocycles. The number of carbonyl (C=O) groups excluding carboxylic acids is 2. The third-order valence-corrected chi connectivity index (χ3v) is 4.03. The summed E-state index contributed by atoms with van der Waals surface area (Å²) >= 11 is 0. The van der Waals surface area contributed by atoms with E-state index in [9.17, 15) is 9.59 Å². The molecule has 0 amide bonds. The molecule has 8 nitrogen and oxygen atoms in total. The molecule has 0 aromatic heterocycles. The second-order valence-corrected chi connectivity index (χ2v) is 7.07. The molecule has 2 rings (SSSR count). The highest BCUT2D eigenvalue weighted by molar-refractivity contribution is 7.79. The van der Waals surface area contributed by atoms with Crippen molar-refractivity contribution in [1.29, 1.82) is 0 Å². The van der Waals surface area contributed by atoms with Gasteiger partial charge in [0.25, 0.3) is 0 Å². The minimum atomic E-state index is -4.67. The maximum Gasteiger partial charge on any atom is 0.394 e. The quantitative estimate of drug-likeness (QED) is 0.434. The first-order valence-corrected chi connectivity index (χ1v) is 9.93. The number of hydrogen-bond acceptors (Lipinski definition) is 6. The molecule has 0 atom stereocenters. The van der Waals surface area contributed by atoms with Crippen LogP contribution in [0.1, 0.15) is 64.2 Å². The average molecular weight is 378 g/mol. The lowest BCUT2D eigenvalue weighted by atomic mass is 9.98. The molecule has 0 radical (unpaired) electrons. The molecular formula is C16H26O8S. The Labute approximate surface area is 148 Å². The molecule has 2 N–H and O–H groups in total. The van der Waals surface area contributed by atoms with Gasteiger partial charge in [-0.3, -0.25) is 9.11 Å². The van der Waals surface area contributed by atoms with Crippen molar-refractivity contribution in [3.05, 3.63) is 12.2 Å². The van der Waals surface area contributed by atoms with E-state index in [-0.39, 0.29) is 12.2 Å². The molecule has 0 unspecified atom stereocenters. The zero-order valence-corrected chi connectivity index (χ0v) is 14.9. The molecule has 9 heteroatoms. The summed E-state index contributed by atoms with van der Waals surface area (Å²) in [4.78, 5) is 23.2. The van der Waals surface area contributed by atoms with Gasteiger partial charge in [0.05, 0.1) is 0 Å². The van der Waals surface area contributed by atoms with E-state index in [0.717, 1.165) is 51.4 Å². The van der Waals surface area contributed by atoms with Gasteiger partial charge in [0.2, 0.25) is 0 Å². The largest absolute Gasteiger partial charge is 0.459 e. The van der Waals surface area contributed by atoms with Crippen LogP contribution >= 0.6 is 0 Å². The molecule has 2 aliphatic rings. The zero-order chi connectivity index (χ0) is 18.7. The fraction of sp³-hybridized carbons (Fsp3) is 0.750. The normalized spacial score (nSPS) is 19.8. The van der Waals surface area contributed by atoms with Crippen LogP contribution in [0, 0.1) is 0 Å². The van der Waals surface area contributed by atoms with Gasteiger partial charge in [-0.05, 0) is 51.4 Å². The lowest BCUT2D eigenvalue weighted by Crippen LogP contribution is -2.21. The van der Waals surface area contributed by atoms with Crippen molar-refractivity contribution >= 4 is 22.3 Å². The molecule has 0 spiro atoms. The van der Waals surface area contributed by atoms with Gasteiger partial charge in [-0.1, -0.05) is 12.8 Å². The lowest BCUT2D eigenvalue weighted by Gasteiger charge is -2.21. The van der Waals surface area contributed by atoms with Gasteiger partial charge in [0.15, 0.2) is 0 Å². The topological polar surface area (TPSA) is 127 Å². The third kappa shape index (κ3) is 12.5. The number of hydrogen-bond donors (Lipinski definition) is 2. The van der Waals surface area contributed by atoms with Crippen molar-refractivity contribution in [2.45, 2.75) is 76.4 Å². The van der Waals surface area contributed by atoms with Gasteiger partial charge in [-0.2, -0.15) is 8.42 Å². The highest BCUT2D eigenvalue weighted by Gasteiger charge is 2.18. The van der Waals surface area contributed by atoms with Gasteiger partial charge < -0.3 is 9.47 Å². The lowest BCUT2D eigenvalue weighted by molar-refractivity contribution is -0.147. The highest BCUT2D eigenvalue weighted by atomic mass is 32.3. The van der Waals surface area contributed by atoms with Crippen LogP contribution in [0.3, 0.4) is 0 Å². The fourth-order valence-electron chi connectivity index (χ4n) is 2.91. The van der Waals surface area contributed by atoms with Crippen molar-refractivity contribution < 1.29 is 36.6 Å². The summed E-state index contributed by atoms with van der Waals surface area (Å²) in [7, 11) is -4.67. The first-order chi connectivity index (χ1) is 11.7. The summed E-state index contributed by atoms with van der Waals surface area (Å²) in [5, 5.41) is 0. The van der Waals surface area contributed by atoms with Crippen LogP contribution in [0.5, 0.6) is 0 Å². The number of rotatable bonds is 4. The molecule has 0 bridgehead atoms. The standard InChI is InChI=1S/C16H24O4.H2O4S/c17-15(19-13-7-3-1-4-8-13)11-12-16(18)20-14-9-5-2-6-10-14;1-5(2,3)4/h11-14H,1-10H2;(H2,1,2,3,4)/b12-11-;. The van der Waals surface area contributed by atoms with E-state index in [1.54, 1.807) is 0 Å². The minimum Gasteiger partial charge on any atom is -0.459 e. The van der Waals surface area contributed by atoms with E-state index in [1.807, 2.05) is 0 Å². The Kier molecular flexibility index (Phi) is 9.69. The van der Waals surface area contributed by atoms with Crippen LogP contribution in [-0.4, -0.2) is 41.7 Å². The van der Waals surface area contributed by atoms with E-state index >= 15 is 0 Å². The van der Waals surface area contributed by atoms with E-state index in [2.05, 4.69) is 0 Å². The molecule has 0 heterocycles. The molecule has 25 heavy (non-hydrogen) atoms. The molecule has 0 aromatic rings. The van der Waals surface area contributed by atoms with Crippen LogP contribution in [0.15, 0.2) is 12.2 Å². The van der Waals surface area contributed by atoms with Gasteiger partial charge in [0.1, 0.15) is 12.2 Å². The monoisotopic (exact) mass is 378 g/mol. The molecule has 0 aliphatic heterocycles. The van der Waals surface area contributed by atoms with Crippen molar-refractivity contribution in [1.82, 2.24) is 0 Å². The van der Waals surface area contributed by atoms with Crippen LogP contribution in [-0.2, 0) is 29.5 Å². The van der Waals surface area contributed by atoms with E-state index in [4.69, 9.17) is 27.0 Å². The highest BCUT2D eigenvalue weighted by Crippen LogP contribution is 2.21. The summed E-state index contributed by atoms with van der Waals surface area (Å²) in [6, 6.07) is 0. The van der Waals surface area contributed by atoms with Crippen molar-refractivity contribution in [3.8, 4) is 0 Å². The Morgan fingerprint density at radius 3 is 1.28 bits per heavy atom. The third-order valence-electron chi connectivity index (χ3n) is 4.03. The van der Waals surface area contributed by atoms with E-state index in [1.165, 1.54) is 25.0 Å². The van der Waals surface area contributed by atoms with Crippen LogP contribution < -0.4 is 0 Å². The number of esters is 2. The minimum absolute atomic E-state index is 0.0234. The Balaban J connectivity index is 0.000000550. The SMILES string of the molecule is O=C(/C=C\C(=O)OC1CCCCC1)OC1CCCCC1.O=S(=O)(O)O. The molecular weight excluding hydrogens is 352 g/mol. The molecule has 0 aromatic carbocycles. The summed E-state index contributed by atoms with van der Waals surface area (Å²) in [5.74, 6) is -0.866. The predicted molar refractivity (Wildman–Crippen MR) is 89.2 cm³/mol. The van der Waals surface area contributed by atoms with Crippen LogP contribution in [0.25, 0.3) is 0 Å². The Bertz CT molecular complexity index is 500. The first-order valence-electron chi connectivity index (χ1n) is 8.53. The summed E-state index contributed by atoms with van der Waals surface area (Å²) in [6.07, 6.45) is 13.1. The average Bonchev–Trinajstić information content (AvgIpc) is 2.53. The van der Waals surface area contributed by atoms with Crippen molar-refractivity contribution in [3.63, 3.8) is 0 Å². The Hall–Kier alpha value is -1.45. The van der Waals surface area contributed by atoms with Gasteiger partial charge in [0, 0.05) is 12.2 Å². The fourth-order valence-corrected chi connectivity index (χ4v) is 2.91. The van der Waals surface area contributed by atoms with E-state index < -0.39 is 22.3 Å². The van der Waals surface area contributed by atoms with Gasteiger partial charge in [-0.25, -0.2) is 9.59 Å². The molecule has 144 valence electrons. The summed E-state index contributed by atoms with van der Waals surface area (Å²) < 4.78 is 42.2. The van der Waals surface area contributed by atoms with E-state index in [0.29, 0.717) is 0 Å². The Morgan fingerprint density at radius 2 is 1.00 bits per heavy atom.